The number of carbonyl (C=O) groups is 1. The summed E-state index contributed by atoms with van der Waals surface area (Å²) in [7, 11) is 0. The fraction of sp³-hybridized carbons (Fsp3) is 0.500. The van der Waals surface area contributed by atoms with Gasteiger partial charge in [-0.1, -0.05) is 18.9 Å². The van der Waals surface area contributed by atoms with Crippen LogP contribution in [0.5, 0.6) is 0 Å². The van der Waals surface area contributed by atoms with E-state index in [9.17, 15) is 13.6 Å². The van der Waals surface area contributed by atoms with Crippen LogP contribution in [0.1, 0.15) is 31.2 Å². The average molecular weight is 415 g/mol. The molecule has 0 N–H and O–H groups in total. The maximum atomic E-state index is 13.8. The van der Waals surface area contributed by atoms with Gasteiger partial charge in [0.2, 0.25) is 5.91 Å². The lowest BCUT2D eigenvalue weighted by Crippen LogP contribution is -2.49. The van der Waals surface area contributed by atoms with Crippen LogP contribution in [0.2, 0.25) is 0 Å². The van der Waals surface area contributed by atoms with Gasteiger partial charge in [0.1, 0.15) is 11.6 Å². The number of nitrogens with zero attached hydrogens (tertiary/aromatic N) is 5. The van der Waals surface area contributed by atoms with Gasteiger partial charge in [0.05, 0.1) is 6.42 Å². The van der Waals surface area contributed by atoms with Crippen LogP contribution in [0.15, 0.2) is 30.3 Å². The van der Waals surface area contributed by atoms with Gasteiger partial charge in [-0.05, 0) is 36.6 Å². The van der Waals surface area contributed by atoms with Crippen molar-refractivity contribution in [2.75, 3.05) is 49.1 Å². The van der Waals surface area contributed by atoms with E-state index >= 15 is 0 Å². The zero-order valence-corrected chi connectivity index (χ0v) is 17.1. The van der Waals surface area contributed by atoms with Gasteiger partial charge in [-0.15, -0.1) is 10.2 Å². The lowest BCUT2D eigenvalue weighted by Gasteiger charge is -2.35. The number of rotatable bonds is 4. The number of aromatic nitrogens is 2. The molecule has 4 rings (SSSR count). The first-order chi connectivity index (χ1) is 14.6. The largest absolute Gasteiger partial charge is 0.355 e. The zero-order valence-electron chi connectivity index (χ0n) is 17.1. The Morgan fingerprint density at radius 1 is 0.800 bits per heavy atom. The fourth-order valence-corrected chi connectivity index (χ4v) is 4.08. The van der Waals surface area contributed by atoms with E-state index < -0.39 is 11.6 Å². The van der Waals surface area contributed by atoms with Gasteiger partial charge in [0.25, 0.3) is 0 Å². The summed E-state index contributed by atoms with van der Waals surface area (Å²) >= 11 is 0. The van der Waals surface area contributed by atoms with E-state index in [1.54, 1.807) is 4.90 Å². The summed E-state index contributed by atoms with van der Waals surface area (Å²) < 4.78 is 26.9. The number of carbonyl (C=O) groups excluding carboxylic acids is 1. The molecule has 0 bridgehead atoms. The molecule has 2 aromatic rings. The average Bonchev–Trinajstić information content (AvgIpc) is 3.05. The lowest BCUT2D eigenvalue weighted by molar-refractivity contribution is -0.130. The summed E-state index contributed by atoms with van der Waals surface area (Å²) in [4.78, 5) is 18.6. The smallest absolute Gasteiger partial charge is 0.227 e. The van der Waals surface area contributed by atoms with E-state index in [4.69, 9.17) is 0 Å². The van der Waals surface area contributed by atoms with Crippen molar-refractivity contribution in [2.24, 2.45) is 0 Å². The second-order valence-corrected chi connectivity index (χ2v) is 7.93. The molecule has 0 radical (unpaired) electrons. The molecule has 0 aliphatic carbocycles. The van der Waals surface area contributed by atoms with Crippen molar-refractivity contribution in [3.63, 3.8) is 0 Å². The normalized spacial score (nSPS) is 17.7. The van der Waals surface area contributed by atoms with Gasteiger partial charge < -0.3 is 14.7 Å². The number of halogens is 2. The molecule has 0 unspecified atom stereocenters. The van der Waals surface area contributed by atoms with Crippen molar-refractivity contribution >= 4 is 17.5 Å². The Balaban J connectivity index is 1.31. The third-order valence-electron chi connectivity index (χ3n) is 5.88. The summed E-state index contributed by atoms with van der Waals surface area (Å²) in [6, 6.07) is 7.35. The Labute approximate surface area is 175 Å². The molecule has 8 heteroatoms. The summed E-state index contributed by atoms with van der Waals surface area (Å²) in [6.07, 6.45) is 4.89. The summed E-state index contributed by atoms with van der Waals surface area (Å²) in [5.41, 5.74) is 0.221. The maximum Gasteiger partial charge on any atom is 0.227 e. The molecule has 3 heterocycles. The molecule has 1 aromatic carbocycles. The minimum Gasteiger partial charge on any atom is -0.355 e. The fourth-order valence-electron chi connectivity index (χ4n) is 4.08. The first-order valence-corrected chi connectivity index (χ1v) is 10.7. The SMILES string of the molecule is O=C(Cc1ccc(F)cc1F)N1CCN(c2ccc(N3CCCCCC3)nn2)CC1. The van der Waals surface area contributed by atoms with Gasteiger partial charge in [-0.2, -0.15) is 0 Å². The highest BCUT2D eigenvalue weighted by atomic mass is 19.1. The third-order valence-corrected chi connectivity index (χ3v) is 5.88. The molecular weight excluding hydrogens is 388 g/mol. The Hall–Kier alpha value is -2.77. The highest BCUT2D eigenvalue weighted by Gasteiger charge is 2.23. The molecule has 2 saturated heterocycles. The number of piperazine rings is 1. The topological polar surface area (TPSA) is 52.6 Å². The molecule has 2 fully saturated rings. The number of amides is 1. The van der Waals surface area contributed by atoms with E-state index in [0.29, 0.717) is 26.2 Å². The minimum atomic E-state index is -0.679. The standard InChI is InChI=1S/C22H27F2N5O/c23-18-6-5-17(19(24)16-18)15-22(30)29-13-11-28(12-14-29)21-8-7-20(25-26-21)27-9-3-1-2-4-10-27/h5-8,16H,1-4,9-15H2. The molecule has 0 spiro atoms. The zero-order chi connectivity index (χ0) is 20.9. The van der Waals surface area contributed by atoms with Gasteiger partial charge >= 0.3 is 0 Å². The maximum absolute atomic E-state index is 13.8. The first-order valence-electron chi connectivity index (χ1n) is 10.7. The molecule has 1 aromatic heterocycles. The predicted octanol–water partition coefficient (Wildman–Crippen LogP) is 3.03. The van der Waals surface area contributed by atoms with Crippen molar-refractivity contribution in [3.05, 3.63) is 47.5 Å². The van der Waals surface area contributed by atoms with Gasteiger partial charge in [-0.3, -0.25) is 4.79 Å². The lowest BCUT2D eigenvalue weighted by atomic mass is 10.1. The highest BCUT2D eigenvalue weighted by molar-refractivity contribution is 5.79. The summed E-state index contributed by atoms with van der Waals surface area (Å²) in [5.74, 6) is 0.269. The minimum absolute atomic E-state index is 0.0591. The van der Waals surface area contributed by atoms with Crippen molar-refractivity contribution in [2.45, 2.75) is 32.1 Å². The van der Waals surface area contributed by atoms with Gasteiger partial charge in [-0.25, -0.2) is 8.78 Å². The quantitative estimate of drug-likeness (QED) is 0.768. The molecule has 0 atom stereocenters. The molecule has 1 amide bonds. The van der Waals surface area contributed by atoms with Crippen LogP contribution >= 0.6 is 0 Å². The van der Waals surface area contributed by atoms with Crippen molar-refractivity contribution in [3.8, 4) is 0 Å². The Morgan fingerprint density at radius 3 is 1.97 bits per heavy atom. The molecule has 6 nitrogen and oxygen atoms in total. The van der Waals surface area contributed by atoms with Gasteiger partial charge in [0.15, 0.2) is 11.6 Å². The number of anilines is 2. The van der Waals surface area contributed by atoms with Crippen LogP contribution in [0.3, 0.4) is 0 Å². The second kappa shape index (κ2) is 9.36. The van der Waals surface area contributed by atoms with Crippen LogP contribution in [0, 0.1) is 11.6 Å². The van der Waals surface area contributed by atoms with Crippen molar-refractivity contribution < 1.29 is 13.6 Å². The predicted molar refractivity (Wildman–Crippen MR) is 112 cm³/mol. The molecule has 2 aliphatic rings. The van der Waals surface area contributed by atoms with E-state index in [0.717, 1.165) is 30.8 Å². The second-order valence-electron chi connectivity index (χ2n) is 7.93. The Kier molecular flexibility index (Phi) is 6.40. The van der Waals surface area contributed by atoms with Crippen LogP contribution in [0.25, 0.3) is 0 Å². The first kappa shape index (κ1) is 20.5. The molecule has 0 saturated carbocycles. The van der Waals surface area contributed by atoms with Crippen LogP contribution < -0.4 is 9.80 Å². The molecule has 2 aliphatic heterocycles. The van der Waals surface area contributed by atoms with Crippen LogP contribution in [-0.2, 0) is 11.2 Å². The summed E-state index contributed by atoms with van der Waals surface area (Å²) in [6.45, 7) is 4.44. The van der Waals surface area contributed by atoms with Crippen LogP contribution in [-0.4, -0.2) is 60.3 Å². The van der Waals surface area contributed by atoms with E-state index in [1.165, 1.54) is 37.8 Å². The van der Waals surface area contributed by atoms with E-state index in [1.807, 2.05) is 12.1 Å². The van der Waals surface area contributed by atoms with Crippen molar-refractivity contribution in [1.29, 1.82) is 0 Å². The summed E-state index contributed by atoms with van der Waals surface area (Å²) in [5, 5.41) is 8.84. The van der Waals surface area contributed by atoms with E-state index in [-0.39, 0.29) is 17.9 Å². The number of benzene rings is 1. The molecular formula is C22H27F2N5O. The number of hydrogen-bond donors (Lipinski definition) is 0. The Bertz CT molecular complexity index is 860. The molecule has 160 valence electrons. The van der Waals surface area contributed by atoms with Crippen molar-refractivity contribution in [1.82, 2.24) is 15.1 Å². The third kappa shape index (κ3) is 4.86. The Morgan fingerprint density at radius 2 is 1.40 bits per heavy atom. The highest BCUT2D eigenvalue weighted by Crippen LogP contribution is 2.20. The molecule has 30 heavy (non-hydrogen) atoms. The van der Waals surface area contributed by atoms with E-state index in [2.05, 4.69) is 20.0 Å². The van der Waals surface area contributed by atoms with Gasteiger partial charge in [0, 0.05) is 45.3 Å². The number of hydrogen-bond acceptors (Lipinski definition) is 5. The van der Waals surface area contributed by atoms with Crippen LogP contribution in [0.4, 0.5) is 20.4 Å². The monoisotopic (exact) mass is 415 g/mol.